The molecule has 0 aromatic carbocycles. The number of ether oxygens (including phenoxy) is 3. The van der Waals surface area contributed by atoms with Crippen molar-refractivity contribution >= 4 is 12.2 Å². The van der Waals surface area contributed by atoms with E-state index in [1.165, 1.54) is 7.11 Å². The summed E-state index contributed by atoms with van der Waals surface area (Å²) in [7, 11) is 1.43. The highest BCUT2D eigenvalue weighted by Gasteiger charge is 2.50. The summed E-state index contributed by atoms with van der Waals surface area (Å²) in [5.41, 5.74) is -0.611. The van der Waals surface area contributed by atoms with E-state index in [-0.39, 0.29) is 36.4 Å². The first-order valence-electron chi connectivity index (χ1n) is 12.4. The number of rotatable bonds is 3. The van der Waals surface area contributed by atoms with Crippen LogP contribution in [0, 0.1) is 17.8 Å². The molecule has 0 aromatic rings. The molecule has 4 aliphatic rings. The van der Waals surface area contributed by atoms with Gasteiger partial charge in [-0.15, -0.1) is 0 Å². The van der Waals surface area contributed by atoms with Gasteiger partial charge in [-0.1, -0.05) is 0 Å². The van der Waals surface area contributed by atoms with Crippen molar-refractivity contribution in [1.29, 1.82) is 0 Å². The molecule has 2 amide bonds. The smallest absolute Gasteiger partial charge is 0.410 e. The summed E-state index contributed by atoms with van der Waals surface area (Å²) >= 11 is 0. The Morgan fingerprint density at radius 1 is 1.00 bits per heavy atom. The maximum Gasteiger partial charge on any atom is 0.410 e. The average molecular weight is 453 g/mol. The van der Waals surface area contributed by atoms with Gasteiger partial charge in [0.05, 0.1) is 44.6 Å². The van der Waals surface area contributed by atoms with Crippen molar-refractivity contribution in [3.8, 4) is 0 Å². The summed E-state index contributed by atoms with van der Waals surface area (Å²) in [5.74, 6) is 1.46. The Morgan fingerprint density at radius 3 is 2.22 bits per heavy atom. The van der Waals surface area contributed by atoms with Gasteiger partial charge in [-0.25, -0.2) is 9.59 Å². The summed E-state index contributed by atoms with van der Waals surface area (Å²) in [6.45, 7) is 7.13. The van der Waals surface area contributed by atoms with Crippen LogP contribution in [0.3, 0.4) is 0 Å². The van der Waals surface area contributed by atoms with Crippen LogP contribution >= 0.6 is 0 Å². The molecule has 0 aromatic heterocycles. The van der Waals surface area contributed by atoms with Crippen LogP contribution in [0.5, 0.6) is 0 Å². The lowest BCUT2D eigenvalue weighted by Gasteiger charge is -2.54. The van der Waals surface area contributed by atoms with Crippen molar-refractivity contribution in [2.24, 2.45) is 17.8 Å². The van der Waals surface area contributed by atoms with Crippen molar-refractivity contribution in [2.45, 2.75) is 95.5 Å². The van der Waals surface area contributed by atoms with E-state index in [4.69, 9.17) is 14.2 Å². The lowest BCUT2D eigenvalue weighted by atomic mass is 9.65. The number of fused-ring (bicyclic) bond motifs is 1. The molecular weight excluding hydrogens is 412 g/mol. The van der Waals surface area contributed by atoms with Gasteiger partial charge < -0.3 is 24.2 Å². The molecule has 2 aliphatic carbocycles. The molecule has 0 bridgehead atoms. The molecule has 8 nitrogen and oxygen atoms in total. The Kier molecular flexibility index (Phi) is 6.92. The Bertz CT molecular complexity index is 688. The number of methoxy groups -OCH3 is 1. The molecule has 2 saturated heterocycles. The van der Waals surface area contributed by atoms with Gasteiger partial charge in [-0.05, 0) is 83.5 Å². The second-order valence-electron chi connectivity index (χ2n) is 10.7. The van der Waals surface area contributed by atoms with Crippen LogP contribution in [-0.2, 0) is 14.2 Å². The molecule has 8 heteroatoms. The highest BCUT2D eigenvalue weighted by Crippen LogP contribution is 2.46. The van der Waals surface area contributed by atoms with E-state index in [9.17, 15) is 14.7 Å². The van der Waals surface area contributed by atoms with Crippen molar-refractivity contribution in [3.05, 3.63) is 0 Å². The van der Waals surface area contributed by atoms with Gasteiger partial charge in [0.15, 0.2) is 0 Å². The number of piperazine rings is 1. The van der Waals surface area contributed by atoms with Crippen molar-refractivity contribution in [3.63, 3.8) is 0 Å². The van der Waals surface area contributed by atoms with E-state index >= 15 is 0 Å². The van der Waals surface area contributed by atoms with Gasteiger partial charge in [-0.3, -0.25) is 4.90 Å². The molecular formula is C24H40N2O6. The molecule has 32 heavy (non-hydrogen) atoms. The minimum Gasteiger partial charge on any atom is -0.453 e. The fraction of sp³-hybridized carbons (Fsp3) is 0.917. The van der Waals surface area contributed by atoms with Gasteiger partial charge >= 0.3 is 12.2 Å². The summed E-state index contributed by atoms with van der Waals surface area (Å²) in [4.78, 5) is 29.3. The Labute approximate surface area is 191 Å². The third kappa shape index (κ3) is 4.45. The highest BCUT2D eigenvalue weighted by atomic mass is 16.6. The average Bonchev–Trinajstić information content (AvgIpc) is 2.75. The van der Waals surface area contributed by atoms with Crippen LogP contribution in [-0.4, -0.2) is 83.8 Å². The molecule has 1 N–H and O–H groups in total. The number of carbonyl (C=O) groups excluding carboxylic acids is 2. The van der Waals surface area contributed by atoms with Gasteiger partial charge in [0, 0.05) is 6.54 Å². The quantitative estimate of drug-likeness (QED) is 0.706. The SMILES string of the molecule is COC(=O)N1C2CCC(C3CCC(C4(O)COC4)CC3)CC2N(C(=O)OC(C)C)C[C@@H]1C. The van der Waals surface area contributed by atoms with E-state index < -0.39 is 5.60 Å². The first-order chi connectivity index (χ1) is 15.2. The van der Waals surface area contributed by atoms with Gasteiger partial charge in [-0.2, -0.15) is 0 Å². The third-order valence-corrected chi connectivity index (χ3v) is 8.37. The highest BCUT2D eigenvalue weighted by molar-refractivity contribution is 5.72. The Morgan fingerprint density at radius 2 is 1.66 bits per heavy atom. The molecule has 3 unspecified atom stereocenters. The first kappa shape index (κ1) is 23.6. The van der Waals surface area contributed by atoms with Crippen LogP contribution in [0.4, 0.5) is 9.59 Å². The van der Waals surface area contributed by atoms with Crippen LogP contribution in [0.15, 0.2) is 0 Å². The molecule has 2 heterocycles. The molecule has 4 fully saturated rings. The molecule has 2 aliphatic heterocycles. The van der Waals surface area contributed by atoms with Gasteiger partial charge in [0.2, 0.25) is 0 Å². The van der Waals surface area contributed by atoms with Crippen LogP contribution in [0.2, 0.25) is 0 Å². The summed E-state index contributed by atoms with van der Waals surface area (Å²) in [6, 6.07) is -0.190. The number of hydrogen-bond donors (Lipinski definition) is 1. The van der Waals surface area contributed by atoms with Crippen molar-refractivity contribution in [1.82, 2.24) is 9.80 Å². The number of nitrogens with zero attached hydrogens (tertiary/aromatic N) is 2. The van der Waals surface area contributed by atoms with Gasteiger partial charge in [0.25, 0.3) is 0 Å². The van der Waals surface area contributed by atoms with E-state index in [2.05, 4.69) is 0 Å². The molecule has 0 radical (unpaired) electrons. The fourth-order valence-corrected chi connectivity index (χ4v) is 6.66. The Balaban J connectivity index is 1.46. The largest absolute Gasteiger partial charge is 0.453 e. The van der Waals surface area contributed by atoms with Crippen LogP contribution in [0.1, 0.15) is 65.7 Å². The molecule has 182 valence electrons. The zero-order valence-electron chi connectivity index (χ0n) is 20.0. The zero-order chi connectivity index (χ0) is 23.0. The summed E-state index contributed by atoms with van der Waals surface area (Å²) in [6.07, 6.45) is 6.37. The topological polar surface area (TPSA) is 88.5 Å². The molecule has 4 atom stereocenters. The summed E-state index contributed by atoms with van der Waals surface area (Å²) < 4.78 is 15.9. The monoisotopic (exact) mass is 452 g/mol. The first-order valence-corrected chi connectivity index (χ1v) is 12.4. The standard InChI is InChI=1S/C24H40N2O6/c1-15(2)32-22(27)25-12-16(3)26(23(28)30-4)20-10-7-18(11-21(20)25)17-5-8-19(9-6-17)24(29)13-31-14-24/h15-21,29H,5-14H2,1-4H3/t16-,17?,18?,19?,20?,21?/m0/s1. The number of amides is 2. The zero-order valence-corrected chi connectivity index (χ0v) is 20.0. The lowest BCUT2D eigenvalue weighted by Crippen LogP contribution is -2.67. The minimum absolute atomic E-state index is 0.0358. The van der Waals surface area contributed by atoms with Crippen LogP contribution in [0.25, 0.3) is 0 Å². The second kappa shape index (κ2) is 9.37. The third-order valence-electron chi connectivity index (χ3n) is 8.37. The molecule has 0 spiro atoms. The predicted octanol–water partition coefficient (Wildman–Crippen LogP) is 3.41. The number of hydrogen-bond acceptors (Lipinski definition) is 6. The van der Waals surface area contributed by atoms with Crippen molar-refractivity contribution in [2.75, 3.05) is 26.9 Å². The number of aliphatic hydroxyl groups is 1. The van der Waals surface area contributed by atoms with E-state index in [1.807, 2.05) is 30.6 Å². The molecule has 2 saturated carbocycles. The van der Waals surface area contributed by atoms with Gasteiger partial charge in [0.1, 0.15) is 5.60 Å². The summed E-state index contributed by atoms with van der Waals surface area (Å²) in [5, 5.41) is 10.7. The Hall–Kier alpha value is -1.54. The minimum atomic E-state index is -0.611. The maximum absolute atomic E-state index is 13.0. The van der Waals surface area contributed by atoms with Crippen LogP contribution < -0.4 is 0 Å². The lowest BCUT2D eigenvalue weighted by molar-refractivity contribution is -0.214. The normalized spacial score (nSPS) is 36.8. The maximum atomic E-state index is 13.0. The van der Waals surface area contributed by atoms with E-state index in [0.29, 0.717) is 37.5 Å². The predicted molar refractivity (Wildman–Crippen MR) is 118 cm³/mol. The van der Waals surface area contributed by atoms with Crippen molar-refractivity contribution < 1.29 is 28.9 Å². The second-order valence-corrected chi connectivity index (χ2v) is 10.7. The number of carbonyl (C=O) groups is 2. The van der Waals surface area contributed by atoms with E-state index in [0.717, 1.165) is 44.9 Å². The molecule has 4 rings (SSSR count). The fourth-order valence-electron chi connectivity index (χ4n) is 6.66. The van der Waals surface area contributed by atoms with E-state index in [1.54, 1.807) is 0 Å².